The van der Waals surface area contributed by atoms with Crippen molar-refractivity contribution in [1.29, 1.82) is 0 Å². The Morgan fingerprint density at radius 2 is 2.00 bits per heavy atom. The highest BCUT2D eigenvalue weighted by Gasteiger charge is 2.51. The van der Waals surface area contributed by atoms with Crippen LogP contribution in [0.15, 0.2) is 16.9 Å². The van der Waals surface area contributed by atoms with E-state index in [1.807, 2.05) is 13.0 Å². The number of benzene rings is 1. The number of ketones is 1. The zero-order chi connectivity index (χ0) is 31.6. The van der Waals surface area contributed by atoms with Gasteiger partial charge in [0.05, 0.1) is 41.5 Å². The van der Waals surface area contributed by atoms with E-state index in [0.717, 1.165) is 46.0 Å². The summed E-state index contributed by atoms with van der Waals surface area (Å²) >= 11 is 0. The zero-order valence-corrected chi connectivity index (χ0v) is 26.1. The summed E-state index contributed by atoms with van der Waals surface area (Å²) in [6.07, 6.45) is 6.55. The molecular formula is C35H39FN4O5. The maximum absolute atomic E-state index is 15.3. The van der Waals surface area contributed by atoms with Gasteiger partial charge in [-0.15, -0.1) is 0 Å². The Hall–Kier alpha value is -3.92. The van der Waals surface area contributed by atoms with Crippen LogP contribution in [0.1, 0.15) is 97.7 Å². The Labute approximate surface area is 260 Å². The van der Waals surface area contributed by atoms with Crippen molar-refractivity contribution < 1.29 is 23.5 Å². The smallest absolute Gasteiger partial charge is 0.254 e. The average molecular weight is 615 g/mol. The van der Waals surface area contributed by atoms with Gasteiger partial charge in [0.2, 0.25) is 12.3 Å². The first kappa shape index (κ1) is 29.8. The van der Waals surface area contributed by atoms with Crippen molar-refractivity contribution in [2.45, 2.75) is 90.6 Å². The molecule has 3 aliphatic carbocycles. The SMILES string of the molecule is CC[C@@H](C(C)=O)c1cc2n(c(=O)c1CC1CC1)Cc1c-2nc2cc(F)c(C)c3c2c1[C@@H](NC(=O)C1(COCNC=O)CC1)CC3. The van der Waals surface area contributed by atoms with Crippen LogP contribution < -0.4 is 16.2 Å². The van der Waals surface area contributed by atoms with Gasteiger partial charge in [-0.05, 0) is 99.5 Å². The Morgan fingerprint density at radius 3 is 2.67 bits per heavy atom. The van der Waals surface area contributed by atoms with Gasteiger partial charge in [-0.25, -0.2) is 9.37 Å². The molecule has 0 radical (unpaired) electrons. The molecule has 236 valence electrons. The number of nitrogens with one attached hydrogen (secondary N) is 2. The Balaban J connectivity index is 1.35. The predicted molar refractivity (Wildman–Crippen MR) is 166 cm³/mol. The number of hydrogen-bond acceptors (Lipinski definition) is 6. The number of aromatic nitrogens is 2. The van der Waals surface area contributed by atoms with Crippen LogP contribution in [0.2, 0.25) is 0 Å². The second-order valence-electron chi connectivity index (χ2n) is 13.4. The maximum atomic E-state index is 15.3. The zero-order valence-electron chi connectivity index (χ0n) is 26.1. The van der Waals surface area contributed by atoms with E-state index in [1.165, 1.54) is 6.07 Å². The number of Topliss-reactive ketones (excluding diaryl/α,β-unsaturated/α-hetero) is 1. The van der Waals surface area contributed by atoms with Crippen molar-refractivity contribution in [2.24, 2.45) is 11.3 Å². The van der Waals surface area contributed by atoms with E-state index in [2.05, 4.69) is 10.6 Å². The van der Waals surface area contributed by atoms with E-state index in [-0.39, 0.29) is 48.4 Å². The number of hydrogen-bond donors (Lipinski definition) is 2. The number of amides is 2. The molecule has 45 heavy (non-hydrogen) atoms. The van der Waals surface area contributed by atoms with Gasteiger partial charge in [-0.1, -0.05) is 6.92 Å². The number of halogens is 1. The highest BCUT2D eigenvalue weighted by molar-refractivity contribution is 5.94. The number of carbonyl (C=O) groups excluding carboxylic acids is 3. The van der Waals surface area contributed by atoms with E-state index in [1.54, 1.807) is 18.4 Å². The molecule has 1 aromatic carbocycles. The largest absolute Gasteiger partial charge is 0.360 e. The van der Waals surface area contributed by atoms with Gasteiger partial charge in [-0.2, -0.15) is 0 Å². The van der Waals surface area contributed by atoms with Crippen LogP contribution >= 0.6 is 0 Å². The van der Waals surface area contributed by atoms with Crippen LogP contribution in [-0.4, -0.2) is 41.0 Å². The van der Waals surface area contributed by atoms with Crippen molar-refractivity contribution in [3.8, 4) is 11.4 Å². The van der Waals surface area contributed by atoms with E-state index < -0.39 is 5.41 Å². The summed E-state index contributed by atoms with van der Waals surface area (Å²) in [6.45, 7) is 5.90. The molecule has 2 amide bonds. The van der Waals surface area contributed by atoms with Gasteiger partial charge in [0, 0.05) is 28.5 Å². The molecule has 10 heteroatoms. The quantitative estimate of drug-likeness (QED) is 0.138. The molecule has 2 aromatic heterocycles. The second kappa shape index (κ2) is 11.2. The number of nitrogens with zero attached hydrogens (tertiary/aromatic N) is 2. The summed E-state index contributed by atoms with van der Waals surface area (Å²) in [7, 11) is 0. The second-order valence-corrected chi connectivity index (χ2v) is 13.4. The Morgan fingerprint density at radius 1 is 1.22 bits per heavy atom. The summed E-state index contributed by atoms with van der Waals surface area (Å²) in [4.78, 5) is 56.3. The molecule has 2 saturated carbocycles. The van der Waals surface area contributed by atoms with Crippen LogP contribution in [0, 0.1) is 24.1 Å². The summed E-state index contributed by atoms with van der Waals surface area (Å²) in [5.41, 5.74) is 5.81. The molecular weight excluding hydrogens is 575 g/mol. The Bertz CT molecular complexity index is 1820. The van der Waals surface area contributed by atoms with Gasteiger partial charge in [0.15, 0.2) is 0 Å². The topological polar surface area (TPSA) is 119 Å². The number of ether oxygens (including phenoxy) is 1. The Kier molecular flexibility index (Phi) is 7.38. The van der Waals surface area contributed by atoms with E-state index >= 15 is 4.39 Å². The third-order valence-corrected chi connectivity index (χ3v) is 10.5. The van der Waals surface area contributed by atoms with Crippen LogP contribution in [0.5, 0.6) is 0 Å². The van der Waals surface area contributed by atoms with Crippen LogP contribution in [0.25, 0.3) is 22.3 Å². The summed E-state index contributed by atoms with van der Waals surface area (Å²) in [6, 6.07) is 3.10. The highest BCUT2D eigenvalue weighted by atomic mass is 19.1. The minimum atomic E-state index is -0.646. The average Bonchev–Trinajstić information content (AvgIpc) is 3.95. The molecule has 0 saturated heterocycles. The lowest BCUT2D eigenvalue weighted by atomic mass is 9.81. The number of aryl methyl sites for hydroxylation is 1. The van der Waals surface area contributed by atoms with E-state index in [0.29, 0.717) is 79.9 Å². The van der Waals surface area contributed by atoms with Gasteiger partial charge >= 0.3 is 0 Å². The lowest BCUT2D eigenvalue weighted by molar-refractivity contribution is -0.129. The number of fused-ring (bicyclic) bond motifs is 4. The van der Waals surface area contributed by atoms with Gasteiger partial charge in [0.1, 0.15) is 18.3 Å². The summed E-state index contributed by atoms with van der Waals surface area (Å²) in [5.74, 6) is -0.309. The fourth-order valence-electron chi connectivity index (χ4n) is 7.60. The first-order chi connectivity index (χ1) is 21.7. The number of carbonyl (C=O) groups is 3. The molecule has 7 rings (SSSR count). The van der Waals surface area contributed by atoms with Crippen molar-refractivity contribution in [3.63, 3.8) is 0 Å². The van der Waals surface area contributed by atoms with Crippen molar-refractivity contribution in [1.82, 2.24) is 20.2 Å². The molecule has 1 aliphatic heterocycles. The molecule has 0 spiro atoms. The minimum Gasteiger partial charge on any atom is -0.360 e. The molecule has 0 bridgehead atoms. The standard InChI is InChI=1S/C35H39FN4O5/c1-4-21(19(3)42)23-12-29-32-25(14-40(29)33(43)24(23)11-20-5-6-20)31-27(39-34(44)35(9-10-35)15-45-17-37-16-41)8-7-22-18(2)26(36)13-28(38-32)30(22)31/h12-13,16,20-21,27H,4-11,14-15,17H2,1-3H3,(H,37,41)(H,39,44)/t21-,27-/m0/s1. The maximum Gasteiger partial charge on any atom is 0.254 e. The molecule has 2 N–H and O–H groups in total. The monoisotopic (exact) mass is 614 g/mol. The van der Waals surface area contributed by atoms with Crippen LogP contribution in [0.4, 0.5) is 4.39 Å². The molecule has 2 atom stereocenters. The number of rotatable bonds is 12. The van der Waals surface area contributed by atoms with Gasteiger partial charge in [0.25, 0.3) is 5.56 Å². The van der Waals surface area contributed by atoms with Crippen molar-refractivity contribution >= 4 is 29.0 Å². The highest BCUT2D eigenvalue weighted by Crippen LogP contribution is 2.49. The lowest BCUT2D eigenvalue weighted by Crippen LogP contribution is -2.39. The van der Waals surface area contributed by atoms with Gasteiger partial charge in [-0.3, -0.25) is 19.2 Å². The van der Waals surface area contributed by atoms with Crippen LogP contribution in [0.3, 0.4) is 0 Å². The van der Waals surface area contributed by atoms with Crippen molar-refractivity contribution in [2.75, 3.05) is 13.3 Å². The predicted octanol–water partition coefficient (Wildman–Crippen LogP) is 4.51. The van der Waals surface area contributed by atoms with Crippen molar-refractivity contribution in [3.05, 3.63) is 61.7 Å². The first-order valence-corrected chi connectivity index (χ1v) is 16.1. The molecule has 3 heterocycles. The summed E-state index contributed by atoms with van der Waals surface area (Å²) < 4.78 is 22.6. The third-order valence-electron chi connectivity index (χ3n) is 10.5. The van der Waals surface area contributed by atoms with Crippen LogP contribution in [-0.2, 0) is 38.5 Å². The molecule has 2 fully saturated rings. The van der Waals surface area contributed by atoms with E-state index in [9.17, 15) is 19.2 Å². The fraction of sp³-hybridized carbons (Fsp3) is 0.514. The third kappa shape index (κ3) is 4.98. The van der Waals surface area contributed by atoms with Gasteiger partial charge < -0.3 is 19.9 Å². The fourth-order valence-corrected chi connectivity index (χ4v) is 7.60. The first-order valence-electron chi connectivity index (χ1n) is 16.1. The molecule has 0 unspecified atom stereocenters. The molecule has 3 aromatic rings. The summed E-state index contributed by atoms with van der Waals surface area (Å²) in [5, 5.41) is 6.63. The normalized spacial score (nSPS) is 19.5. The minimum absolute atomic E-state index is 0.0311. The number of pyridine rings is 2. The molecule has 4 aliphatic rings. The lowest BCUT2D eigenvalue weighted by Gasteiger charge is -2.31. The molecule has 9 nitrogen and oxygen atoms in total. The van der Waals surface area contributed by atoms with E-state index in [4.69, 9.17) is 9.72 Å².